The van der Waals surface area contributed by atoms with Crippen molar-refractivity contribution in [1.82, 2.24) is 0 Å². The van der Waals surface area contributed by atoms with E-state index in [1.54, 1.807) is 13.4 Å². The number of hydrogen-bond donors (Lipinski definition) is 0. The zero-order valence-electron chi connectivity index (χ0n) is 10.7. The van der Waals surface area contributed by atoms with E-state index >= 15 is 0 Å². The summed E-state index contributed by atoms with van der Waals surface area (Å²) in [7, 11) is 1.65. The van der Waals surface area contributed by atoms with Gasteiger partial charge in [-0.15, -0.1) is 0 Å². The van der Waals surface area contributed by atoms with Gasteiger partial charge in [-0.2, -0.15) is 0 Å². The molecule has 0 N–H and O–H groups in total. The Balaban J connectivity index is 2.14. The molecule has 0 aliphatic heterocycles. The minimum Gasteiger partial charge on any atom is -0.490 e. The zero-order chi connectivity index (χ0) is 14.5. The van der Waals surface area contributed by atoms with Crippen LogP contribution in [0.5, 0.6) is 5.75 Å². The highest BCUT2D eigenvalue weighted by atomic mass is 79.9. The van der Waals surface area contributed by atoms with Crippen molar-refractivity contribution in [3.8, 4) is 5.75 Å². The third kappa shape index (κ3) is 3.87. The Morgan fingerprint density at radius 1 is 1.20 bits per heavy atom. The number of furan rings is 1. The van der Waals surface area contributed by atoms with E-state index in [4.69, 9.17) is 13.9 Å². The average Bonchev–Trinajstić information content (AvgIpc) is 2.86. The van der Waals surface area contributed by atoms with E-state index in [-0.39, 0.29) is 4.83 Å². The van der Waals surface area contributed by atoms with Crippen LogP contribution in [-0.2, 0) is 4.74 Å². The highest BCUT2D eigenvalue weighted by Crippen LogP contribution is 2.38. The lowest BCUT2D eigenvalue weighted by molar-refractivity contribution is 0.146. The average molecular weight is 469 g/mol. The molecular formula is C14H13Br3O3. The van der Waals surface area contributed by atoms with Crippen LogP contribution in [0.1, 0.15) is 16.0 Å². The molecule has 1 atom stereocenters. The normalized spacial score (nSPS) is 12.4. The Morgan fingerprint density at radius 3 is 2.60 bits per heavy atom. The van der Waals surface area contributed by atoms with Gasteiger partial charge >= 0.3 is 0 Å². The van der Waals surface area contributed by atoms with Crippen LogP contribution >= 0.6 is 47.8 Å². The van der Waals surface area contributed by atoms with Crippen LogP contribution in [0, 0.1) is 0 Å². The van der Waals surface area contributed by atoms with Crippen LogP contribution in [0.3, 0.4) is 0 Å². The first-order chi connectivity index (χ1) is 9.63. The van der Waals surface area contributed by atoms with E-state index in [0.29, 0.717) is 13.2 Å². The summed E-state index contributed by atoms with van der Waals surface area (Å²) in [5.41, 5.74) is 2.16. The molecule has 1 aromatic heterocycles. The minimum absolute atomic E-state index is 0.0555. The summed E-state index contributed by atoms with van der Waals surface area (Å²) in [6.45, 7) is 1.09. The Kier molecular flexibility index (Phi) is 6.14. The fraction of sp³-hybridized carbons (Fsp3) is 0.286. The number of rotatable bonds is 6. The lowest BCUT2D eigenvalue weighted by Crippen LogP contribution is -2.04. The Labute approximate surface area is 143 Å². The van der Waals surface area contributed by atoms with Gasteiger partial charge in [0.2, 0.25) is 0 Å². The summed E-state index contributed by atoms with van der Waals surface area (Å²) in [6.07, 6.45) is 1.66. The number of alkyl halides is 1. The molecule has 0 aliphatic rings. The summed E-state index contributed by atoms with van der Waals surface area (Å²) in [4.78, 5) is 0.0555. The van der Waals surface area contributed by atoms with Gasteiger partial charge in [-0.1, -0.05) is 22.0 Å². The third-order valence-corrected chi connectivity index (χ3v) is 5.00. The molecular weight excluding hydrogens is 456 g/mol. The van der Waals surface area contributed by atoms with E-state index in [2.05, 4.69) is 47.8 Å². The van der Waals surface area contributed by atoms with E-state index < -0.39 is 0 Å². The molecule has 2 aromatic rings. The predicted octanol–water partition coefficient (Wildman–Crippen LogP) is 5.31. The second kappa shape index (κ2) is 7.64. The summed E-state index contributed by atoms with van der Waals surface area (Å²) >= 11 is 10.6. The fourth-order valence-electron chi connectivity index (χ4n) is 1.69. The summed E-state index contributed by atoms with van der Waals surface area (Å²) < 4.78 is 17.5. The molecule has 0 saturated heterocycles. The Hall–Kier alpha value is -0.300. The van der Waals surface area contributed by atoms with Crippen LogP contribution in [0.4, 0.5) is 0 Å². The van der Waals surface area contributed by atoms with Crippen LogP contribution in [0.15, 0.2) is 44.1 Å². The van der Waals surface area contributed by atoms with Gasteiger partial charge in [-0.05, 0) is 55.6 Å². The monoisotopic (exact) mass is 466 g/mol. The molecule has 108 valence electrons. The molecule has 1 aromatic carbocycles. The summed E-state index contributed by atoms with van der Waals surface area (Å²) in [5, 5.41) is 0. The molecule has 2 rings (SSSR count). The van der Waals surface area contributed by atoms with Gasteiger partial charge in [0.05, 0.1) is 22.2 Å². The topological polar surface area (TPSA) is 31.6 Å². The van der Waals surface area contributed by atoms with Crippen molar-refractivity contribution in [3.05, 3.63) is 50.8 Å². The third-order valence-electron chi connectivity index (χ3n) is 2.71. The van der Waals surface area contributed by atoms with Crippen molar-refractivity contribution in [2.24, 2.45) is 0 Å². The molecule has 0 saturated carbocycles. The van der Waals surface area contributed by atoms with E-state index in [1.165, 1.54) is 0 Å². The van der Waals surface area contributed by atoms with Crippen LogP contribution in [0.2, 0.25) is 0 Å². The Bertz CT molecular complexity index is 569. The maximum atomic E-state index is 5.61. The van der Waals surface area contributed by atoms with Gasteiger partial charge in [-0.3, -0.25) is 0 Å². The van der Waals surface area contributed by atoms with E-state index in [1.807, 2.05) is 24.3 Å². The predicted molar refractivity (Wildman–Crippen MR) is 88.7 cm³/mol. The quantitative estimate of drug-likeness (QED) is 0.425. The molecule has 0 bridgehead atoms. The molecule has 0 radical (unpaired) electrons. The molecule has 1 unspecified atom stereocenters. The molecule has 1 heterocycles. The molecule has 0 amide bonds. The van der Waals surface area contributed by atoms with E-state index in [9.17, 15) is 0 Å². The van der Waals surface area contributed by atoms with Crippen molar-refractivity contribution < 1.29 is 13.9 Å². The first kappa shape index (κ1) is 16.1. The van der Waals surface area contributed by atoms with Gasteiger partial charge in [-0.25, -0.2) is 0 Å². The Morgan fingerprint density at radius 2 is 2.00 bits per heavy atom. The van der Waals surface area contributed by atoms with Crippen molar-refractivity contribution >= 4 is 47.8 Å². The number of halogens is 3. The number of hydrogen-bond acceptors (Lipinski definition) is 3. The van der Waals surface area contributed by atoms with Gasteiger partial charge < -0.3 is 13.9 Å². The fourth-order valence-corrected chi connectivity index (χ4v) is 3.62. The number of methoxy groups -OCH3 is 1. The largest absolute Gasteiger partial charge is 0.490 e. The maximum Gasteiger partial charge on any atom is 0.173 e. The van der Waals surface area contributed by atoms with E-state index in [0.717, 1.165) is 26.0 Å². The highest BCUT2D eigenvalue weighted by Gasteiger charge is 2.17. The molecule has 0 fully saturated rings. The lowest BCUT2D eigenvalue weighted by atomic mass is 10.1. The zero-order valence-corrected chi connectivity index (χ0v) is 15.5. The number of ether oxygens (including phenoxy) is 2. The van der Waals surface area contributed by atoms with Crippen molar-refractivity contribution in [2.45, 2.75) is 4.83 Å². The maximum absolute atomic E-state index is 5.61. The smallest absolute Gasteiger partial charge is 0.173 e. The van der Waals surface area contributed by atoms with Crippen LogP contribution < -0.4 is 4.74 Å². The molecule has 0 spiro atoms. The first-order valence-corrected chi connectivity index (χ1v) is 8.41. The van der Waals surface area contributed by atoms with Crippen LogP contribution in [-0.4, -0.2) is 20.3 Å². The van der Waals surface area contributed by atoms with Crippen molar-refractivity contribution in [2.75, 3.05) is 20.3 Å². The second-order valence-electron chi connectivity index (χ2n) is 4.04. The lowest BCUT2D eigenvalue weighted by Gasteiger charge is -2.12. The standard InChI is InChI=1S/C14H13Br3O3/c1-18-6-7-19-12-3-2-9(8-11(12)15)13(16)10-4-5-20-14(10)17/h2-5,8,13H,6-7H2,1H3. The SMILES string of the molecule is COCCOc1ccc(C(Br)c2ccoc2Br)cc1Br. The van der Waals surface area contributed by atoms with Gasteiger partial charge in [0, 0.05) is 12.7 Å². The summed E-state index contributed by atoms with van der Waals surface area (Å²) in [6, 6.07) is 7.92. The van der Waals surface area contributed by atoms with Gasteiger partial charge in [0.1, 0.15) is 12.4 Å². The molecule has 0 aliphatic carbocycles. The highest BCUT2D eigenvalue weighted by molar-refractivity contribution is 9.11. The van der Waals surface area contributed by atoms with Crippen molar-refractivity contribution in [1.29, 1.82) is 0 Å². The first-order valence-electron chi connectivity index (χ1n) is 5.91. The van der Waals surface area contributed by atoms with Crippen LogP contribution in [0.25, 0.3) is 0 Å². The van der Waals surface area contributed by atoms with Crippen molar-refractivity contribution in [3.63, 3.8) is 0 Å². The molecule has 3 nitrogen and oxygen atoms in total. The second-order valence-corrected chi connectivity index (χ2v) is 6.53. The van der Waals surface area contributed by atoms with Gasteiger partial charge in [0.15, 0.2) is 4.67 Å². The van der Waals surface area contributed by atoms with Gasteiger partial charge in [0.25, 0.3) is 0 Å². The summed E-state index contributed by atoms with van der Waals surface area (Å²) in [5.74, 6) is 0.803. The molecule has 20 heavy (non-hydrogen) atoms. The minimum atomic E-state index is 0.0555. The number of benzene rings is 1. The molecule has 6 heteroatoms.